The Bertz CT molecular complexity index is 362. The van der Waals surface area contributed by atoms with Crippen molar-refractivity contribution in [3.05, 3.63) is 11.1 Å². The zero-order valence-corrected chi connectivity index (χ0v) is 11.2. The highest BCUT2D eigenvalue weighted by Gasteiger charge is 2.48. The summed E-state index contributed by atoms with van der Waals surface area (Å²) >= 11 is 1.70. The van der Waals surface area contributed by atoms with Gasteiger partial charge < -0.3 is 10.1 Å². The molecule has 16 heavy (non-hydrogen) atoms. The van der Waals surface area contributed by atoms with E-state index >= 15 is 0 Å². The molecule has 3 nitrogen and oxygen atoms in total. The molecule has 1 saturated carbocycles. The fourth-order valence-corrected chi connectivity index (χ4v) is 3.06. The summed E-state index contributed by atoms with van der Waals surface area (Å²) in [6.07, 6.45) is 2.45. The Labute approximate surface area is 101 Å². The molecule has 1 N–H and O–H groups in total. The predicted octanol–water partition coefficient (Wildman–Crippen LogP) is 2.93. The normalized spacial score (nSPS) is 27.5. The van der Waals surface area contributed by atoms with Crippen LogP contribution in [0, 0.1) is 5.41 Å². The van der Waals surface area contributed by atoms with Gasteiger partial charge in [-0.2, -0.15) is 0 Å². The zero-order valence-electron chi connectivity index (χ0n) is 10.4. The highest BCUT2D eigenvalue weighted by Crippen LogP contribution is 2.44. The quantitative estimate of drug-likeness (QED) is 0.878. The third-order valence-corrected chi connectivity index (χ3v) is 4.50. The topological polar surface area (TPSA) is 34.1 Å². The number of nitrogens with one attached hydrogen (secondary N) is 1. The molecular weight excluding hydrogens is 220 g/mol. The van der Waals surface area contributed by atoms with Crippen LogP contribution in [0.5, 0.6) is 0 Å². The second kappa shape index (κ2) is 4.34. The smallest absolute Gasteiger partial charge is 0.183 e. The van der Waals surface area contributed by atoms with Crippen LogP contribution >= 0.6 is 11.3 Å². The number of anilines is 1. The minimum atomic E-state index is 0.201. The summed E-state index contributed by atoms with van der Waals surface area (Å²) in [5, 5.41) is 6.69. The number of hydrogen-bond acceptors (Lipinski definition) is 4. The molecule has 1 fully saturated rings. The Morgan fingerprint density at radius 1 is 1.62 bits per heavy atom. The lowest BCUT2D eigenvalue weighted by molar-refractivity contribution is -0.0794. The van der Waals surface area contributed by atoms with Crippen molar-refractivity contribution in [3.63, 3.8) is 0 Å². The monoisotopic (exact) mass is 240 g/mol. The van der Waals surface area contributed by atoms with Gasteiger partial charge in [0.15, 0.2) is 5.13 Å². The van der Waals surface area contributed by atoms with E-state index in [-0.39, 0.29) is 5.41 Å². The fraction of sp³-hybridized carbons (Fsp3) is 0.750. The van der Waals surface area contributed by atoms with E-state index in [1.165, 1.54) is 5.69 Å². The number of thiazole rings is 1. The molecule has 0 aromatic carbocycles. The summed E-state index contributed by atoms with van der Waals surface area (Å²) in [5.74, 6) is 0. The number of rotatable bonds is 4. The first-order chi connectivity index (χ1) is 7.57. The van der Waals surface area contributed by atoms with Crippen LogP contribution in [0.4, 0.5) is 5.13 Å². The molecule has 0 radical (unpaired) electrons. The lowest BCUT2D eigenvalue weighted by Crippen LogP contribution is -2.57. The summed E-state index contributed by atoms with van der Waals surface area (Å²) < 4.78 is 5.44. The largest absolute Gasteiger partial charge is 0.381 e. The van der Waals surface area contributed by atoms with Crippen LogP contribution in [-0.4, -0.2) is 24.2 Å². The molecule has 0 bridgehead atoms. The maximum absolute atomic E-state index is 5.44. The van der Waals surface area contributed by atoms with Crippen molar-refractivity contribution in [2.24, 2.45) is 5.41 Å². The summed E-state index contributed by atoms with van der Waals surface area (Å²) in [6, 6.07) is 0.480. The number of nitrogens with zero attached hydrogens (tertiary/aromatic N) is 1. The van der Waals surface area contributed by atoms with Crippen molar-refractivity contribution in [1.29, 1.82) is 0 Å². The van der Waals surface area contributed by atoms with Crippen LogP contribution in [0.3, 0.4) is 0 Å². The maximum atomic E-state index is 5.44. The van der Waals surface area contributed by atoms with Gasteiger partial charge in [0.25, 0.3) is 0 Å². The van der Waals surface area contributed by atoms with Crippen LogP contribution in [-0.2, 0) is 11.2 Å². The number of aryl methyl sites for hydroxylation is 1. The van der Waals surface area contributed by atoms with Crippen LogP contribution in [0.1, 0.15) is 32.9 Å². The SMILES string of the molecule is CCc1csc(NC2CC(OC)C2(C)C)n1. The molecular formula is C12H20N2OS. The minimum absolute atomic E-state index is 0.201. The van der Waals surface area contributed by atoms with Crippen LogP contribution in [0.15, 0.2) is 5.38 Å². The fourth-order valence-electron chi connectivity index (χ4n) is 2.22. The molecule has 1 aliphatic carbocycles. The van der Waals surface area contributed by atoms with Crippen molar-refractivity contribution in [3.8, 4) is 0 Å². The van der Waals surface area contributed by atoms with Gasteiger partial charge in [-0.1, -0.05) is 20.8 Å². The van der Waals surface area contributed by atoms with Crippen LogP contribution in [0.25, 0.3) is 0 Å². The number of methoxy groups -OCH3 is 1. The van der Waals surface area contributed by atoms with E-state index in [0.29, 0.717) is 12.1 Å². The van der Waals surface area contributed by atoms with Gasteiger partial charge in [-0.3, -0.25) is 0 Å². The number of hydrogen-bond donors (Lipinski definition) is 1. The Morgan fingerprint density at radius 2 is 2.38 bits per heavy atom. The lowest BCUT2D eigenvalue weighted by atomic mass is 9.64. The summed E-state index contributed by atoms with van der Waals surface area (Å²) in [7, 11) is 1.79. The Morgan fingerprint density at radius 3 is 2.88 bits per heavy atom. The molecule has 1 heterocycles. The van der Waals surface area contributed by atoms with Crippen molar-refractivity contribution < 1.29 is 4.74 Å². The molecule has 1 aromatic heterocycles. The third-order valence-electron chi connectivity index (χ3n) is 3.67. The van der Waals surface area contributed by atoms with Crippen molar-refractivity contribution in [1.82, 2.24) is 4.98 Å². The maximum Gasteiger partial charge on any atom is 0.183 e. The molecule has 0 saturated heterocycles. The van der Waals surface area contributed by atoms with Gasteiger partial charge in [-0.25, -0.2) is 4.98 Å². The summed E-state index contributed by atoms with van der Waals surface area (Å²) in [6.45, 7) is 6.63. The van der Waals surface area contributed by atoms with Gasteiger partial charge >= 0.3 is 0 Å². The molecule has 1 aliphatic rings. The van der Waals surface area contributed by atoms with E-state index in [1.807, 2.05) is 0 Å². The van der Waals surface area contributed by atoms with Crippen molar-refractivity contribution in [2.75, 3.05) is 12.4 Å². The first-order valence-corrected chi connectivity index (χ1v) is 6.69. The van der Waals surface area contributed by atoms with E-state index in [9.17, 15) is 0 Å². The zero-order chi connectivity index (χ0) is 11.8. The van der Waals surface area contributed by atoms with E-state index < -0.39 is 0 Å². The highest BCUT2D eigenvalue weighted by atomic mass is 32.1. The molecule has 2 unspecified atom stereocenters. The van der Waals surface area contributed by atoms with E-state index in [1.54, 1.807) is 18.4 Å². The molecule has 0 spiro atoms. The van der Waals surface area contributed by atoms with Crippen molar-refractivity contribution >= 4 is 16.5 Å². The van der Waals surface area contributed by atoms with E-state index in [0.717, 1.165) is 18.0 Å². The third kappa shape index (κ3) is 1.96. The molecule has 4 heteroatoms. The second-order valence-electron chi connectivity index (χ2n) is 4.98. The first kappa shape index (κ1) is 11.9. The van der Waals surface area contributed by atoms with Gasteiger partial charge in [0.05, 0.1) is 11.8 Å². The highest BCUT2D eigenvalue weighted by molar-refractivity contribution is 7.13. The number of ether oxygens (including phenoxy) is 1. The Kier molecular flexibility index (Phi) is 3.22. The summed E-state index contributed by atoms with van der Waals surface area (Å²) in [4.78, 5) is 4.53. The average molecular weight is 240 g/mol. The number of aromatic nitrogens is 1. The Balaban J connectivity index is 1.96. The molecule has 2 rings (SSSR count). The predicted molar refractivity (Wildman–Crippen MR) is 68.1 cm³/mol. The van der Waals surface area contributed by atoms with Gasteiger partial charge in [0.2, 0.25) is 0 Å². The van der Waals surface area contributed by atoms with Gasteiger partial charge in [-0.05, 0) is 12.8 Å². The van der Waals surface area contributed by atoms with Crippen molar-refractivity contribution in [2.45, 2.75) is 45.8 Å². The average Bonchev–Trinajstić information content (AvgIpc) is 2.71. The Hall–Kier alpha value is -0.610. The molecule has 0 amide bonds. The lowest BCUT2D eigenvalue weighted by Gasteiger charge is -2.51. The standard InChI is InChI=1S/C12H20N2OS/c1-5-8-7-16-11(13-8)14-9-6-10(15-4)12(9,2)3/h7,9-10H,5-6H2,1-4H3,(H,13,14). The van der Waals surface area contributed by atoms with E-state index in [2.05, 4.69) is 36.5 Å². The van der Waals surface area contributed by atoms with Gasteiger partial charge in [-0.15, -0.1) is 11.3 Å². The van der Waals surface area contributed by atoms with Crippen LogP contribution < -0.4 is 5.32 Å². The van der Waals surface area contributed by atoms with E-state index in [4.69, 9.17) is 4.74 Å². The minimum Gasteiger partial charge on any atom is -0.381 e. The molecule has 1 aromatic rings. The van der Waals surface area contributed by atoms with Crippen LogP contribution in [0.2, 0.25) is 0 Å². The molecule has 2 atom stereocenters. The summed E-state index contributed by atoms with van der Waals surface area (Å²) in [5.41, 5.74) is 1.38. The van der Waals surface area contributed by atoms with Gasteiger partial charge in [0, 0.05) is 23.9 Å². The first-order valence-electron chi connectivity index (χ1n) is 5.81. The second-order valence-corrected chi connectivity index (χ2v) is 5.83. The molecule has 90 valence electrons. The molecule has 0 aliphatic heterocycles. The van der Waals surface area contributed by atoms with Gasteiger partial charge in [0.1, 0.15) is 0 Å².